The second kappa shape index (κ2) is 11.5. The van der Waals surface area contributed by atoms with Crippen LogP contribution in [-0.4, -0.2) is 6.61 Å². The summed E-state index contributed by atoms with van der Waals surface area (Å²) in [6, 6.07) is 8.36. The lowest BCUT2D eigenvalue weighted by atomic mass is 9.69. The van der Waals surface area contributed by atoms with Crippen molar-refractivity contribution in [1.29, 1.82) is 0 Å². The predicted molar refractivity (Wildman–Crippen MR) is 120 cm³/mol. The summed E-state index contributed by atoms with van der Waals surface area (Å²) in [7, 11) is 0. The van der Waals surface area contributed by atoms with E-state index in [0.717, 1.165) is 42.1 Å². The molecule has 0 amide bonds. The third kappa shape index (κ3) is 6.58. The third-order valence-corrected chi connectivity index (χ3v) is 7.20. The summed E-state index contributed by atoms with van der Waals surface area (Å²) in [6.45, 7) is 5.41. The van der Waals surface area contributed by atoms with Gasteiger partial charge < -0.3 is 4.74 Å². The molecular weight excluding hydrogens is 340 g/mol. The molecule has 3 rings (SSSR count). The first-order chi connectivity index (χ1) is 13.8. The lowest BCUT2D eigenvalue weighted by Gasteiger charge is -2.36. The molecule has 0 aromatic heterocycles. The molecule has 0 atom stereocenters. The van der Waals surface area contributed by atoms with Gasteiger partial charge in [0.25, 0.3) is 0 Å². The number of hydrogen-bond acceptors (Lipinski definition) is 1. The molecule has 2 fully saturated rings. The van der Waals surface area contributed by atoms with Crippen LogP contribution in [0.2, 0.25) is 0 Å². The summed E-state index contributed by atoms with van der Waals surface area (Å²) in [4.78, 5) is 0. The molecule has 0 saturated heterocycles. The van der Waals surface area contributed by atoms with Gasteiger partial charge in [-0.15, -0.1) is 0 Å². The van der Waals surface area contributed by atoms with E-state index in [1.165, 1.54) is 70.6 Å². The van der Waals surface area contributed by atoms with Crippen molar-refractivity contribution in [3.8, 4) is 17.6 Å². The third-order valence-electron chi connectivity index (χ3n) is 7.20. The molecule has 0 radical (unpaired) electrons. The topological polar surface area (TPSA) is 9.23 Å². The van der Waals surface area contributed by atoms with Gasteiger partial charge in [-0.1, -0.05) is 57.8 Å². The van der Waals surface area contributed by atoms with E-state index in [-0.39, 0.29) is 0 Å². The SMILES string of the molecule is CCCCCOc1ccc(C#C[C@H]2CC[C@H]([C@H]3CC[C@H](CC)CC3)CC2)cc1. The highest BCUT2D eigenvalue weighted by atomic mass is 16.5. The van der Waals surface area contributed by atoms with Crippen LogP contribution in [0.15, 0.2) is 24.3 Å². The molecule has 1 aromatic rings. The Hall–Kier alpha value is -1.42. The average molecular weight is 381 g/mol. The Balaban J connectivity index is 1.40. The zero-order valence-electron chi connectivity index (χ0n) is 18.2. The average Bonchev–Trinajstić information content (AvgIpc) is 2.76. The first kappa shape index (κ1) is 21.3. The van der Waals surface area contributed by atoms with Crippen molar-refractivity contribution < 1.29 is 4.74 Å². The summed E-state index contributed by atoms with van der Waals surface area (Å²) in [5, 5.41) is 0. The minimum atomic E-state index is 0.605. The Kier molecular flexibility index (Phi) is 8.78. The molecule has 28 heavy (non-hydrogen) atoms. The zero-order valence-corrected chi connectivity index (χ0v) is 18.2. The second-order valence-corrected chi connectivity index (χ2v) is 9.15. The van der Waals surface area contributed by atoms with Crippen molar-refractivity contribution >= 4 is 0 Å². The monoisotopic (exact) mass is 380 g/mol. The molecule has 0 aliphatic heterocycles. The van der Waals surface area contributed by atoms with Gasteiger partial charge in [-0.05, 0) is 87.0 Å². The molecule has 2 saturated carbocycles. The van der Waals surface area contributed by atoms with Crippen LogP contribution in [0.1, 0.15) is 96.5 Å². The van der Waals surface area contributed by atoms with Gasteiger partial charge in [0.05, 0.1) is 6.61 Å². The van der Waals surface area contributed by atoms with Crippen LogP contribution in [-0.2, 0) is 0 Å². The Labute approximate surface area is 173 Å². The van der Waals surface area contributed by atoms with Crippen LogP contribution < -0.4 is 4.74 Å². The quantitative estimate of drug-likeness (QED) is 0.349. The molecular formula is C27H40O. The highest BCUT2D eigenvalue weighted by Gasteiger charge is 2.29. The number of hydrogen-bond donors (Lipinski definition) is 0. The Bertz CT molecular complexity index is 604. The largest absolute Gasteiger partial charge is 0.494 e. The van der Waals surface area contributed by atoms with Crippen LogP contribution in [0.4, 0.5) is 0 Å². The maximum atomic E-state index is 5.79. The Morgan fingerprint density at radius 3 is 2.07 bits per heavy atom. The lowest BCUT2D eigenvalue weighted by Crippen LogP contribution is -2.25. The van der Waals surface area contributed by atoms with Gasteiger partial charge in [-0.2, -0.15) is 0 Å². The molecule has 154 valence electrons. The summed E-state index contributed by atoms with van der Waals surface area (Å²) < 4.78 is 5.79. The maximum Gasteiger partial charge on any atom is 0.119 e. The first-order valence-electron chi connectivity index (χ1n) is 12.0. The van der Waals surface area contributed by atoms with Crippen molar-refractivity contribution in [3.63, 3.8) is 0 Å². The van der Waals surface area contributed by atoms with Crippen LogP contribution >= 0.6 is 0 Å². The van der Waals surface area contributed by atoms with Crippen LogP contribution in [0.3, 0.4) is 0 Å². The number of benzene rings is 1. The van der Waals surface area contributed by atoms with E-state index in [1.807, 2.05) is 0 Å². The molecule has 2 aliphatic carbocycles. The smallest absolute Gasteiger partial charge is 0.119 e. The molecule has 0 heterocycles. The minimum absolute atomic E-state index is 0.605. The Morgan fingerprint density at radius 2 is 1.46 bits per heavy atom. The Morgan fingerprint density at radius 1 is 0.821 bits per heavy atom. The predicted octanol–water partition coefficient (Wildman–Crippen LogP) is 7.63. The van der Waals surface area contributed by atoms with Crippen molar-refractivity contribution in [1.82, 2.24) is 0 Å². The zero-order chi connectivity index (χ0) is 19.6. The van der Waals surface area contributed by atoms with Crippen molar-refractivity contribution in [3.05, 3.63) is 29.8 Å². The number of ether oxygens (including phenoxy) is 1. The molecule has 0 N–H and O–H groups in total. The van der Waals surface area contributed by atoms with E-state index in [1.54, 1.807) is 0 Å². The fourth-order valence-electron chi connectivity index (χ4n) is 5.16. The number of rotatable bonds is 7. The van der Waals surface area contributed by atoms with Gasteiger partial charge in [0.2, 0.25) is 0 Å². The van der Waals surface area contributed by atoms with E-state index in [2.05, 4.69) is 50.0 Å². The van der Waals surface area contributed by atoms with Gasteiger partial charge in [-0.3, -0.25) is 0 Å². The first-order valence-corrected chi connectivity index (χ1v) is 12.0. The van der Waals surface area contributed by atoms with E-state index < -0.39 is 0 Å². The van der Waals surface area contributed by atoms with Crippen molar-refractivity contribution in [2.24, 2.45) is 23.7 Å². The molecule has 1 heteroatoms. The van der Waals surface area contributed by atoms with Gasteiger partial charge in [-0.25, -0.2) is 0 Å². The summed E-state index contributed by atoms with van der Waals surface area (Å²) in [5.41, 5.74) is 1.13. The van der Waals surface area contributed by atoms with Gasteiger partial charge in [0, 0.05) is 11.5 Å². The van der Waals surface area contributed by atoms with Gasteiger partial charge in [0.15, 0.2) is 0 Å². The van der Waals surface area contributed by atoms with Crippen molar-refractivity contribution in [2.45, 2.75) is 90.9 Å². The van der Waals surface area contributed by atoms with E-state index in [0.29, 0.717) is 5.92 Å². The molecule has 0 spiro atoms. The molecule has 0 unspecified atom stereocenters. The maximum absolute atomic E-state index is 5.79. The molecule has 1 aromatic carbocycles. The normalized spacial score (nSPS) is 27.6. The fourth-order valence-corrected chi connectivity index (χ4v) is 5.16. The van der Waals surface area contributed by atoms with Crippen LogP contribution in [0, 0.1) is 35.5 Å². The molecule has 0 bridgehead atoms. The summed E-state index contributed by atoms with van der Waals surface area (Å²) in [6.07, 6.45) is 16.4. The molecule has 2 aliphatic rings. The standard InChI is InChI=1S/C27H40O/c1-3-5-6-21-28-27-19-13-24(14-20-27)8-7-23-11-17-26(18-12-23)25-15-9-22(4-2)10-16-25/h13-14,19-20,22-23,25-26H,3-6,9-12,15-18,21H2,1-2H3/t22-,23-,25-,26-. The fraction of sp³-hybridized carbons (Fsp3) is 0.704. The van der Waals surface area contributed by atoms with Gasteiger partial charge in [0.1, 0.15) is 5.75 Å². The summed E-state index contributed by atoms with van der Waals surface area (Å²) >= 11 is 0. The summed E-state index contributed by atoms with van der Waals surface area (Å²) in [5.74, 6) is 11.6. The van der Waals surface area contributed by atoms with E-state index in [9.17, 15) is 0 Å². The minimum Gasteiger partial charge on any atom is -0.494 e. The van der Waals surface area contributed by atoms with Crippen molar-refractivity contribution in [2.75, 3.05) is 6.61 Å². The molecule has 1 nitrogen and oxygen atoms in total. The van der Waals surface area contributed by atoms with Gasteiger partial charge >= 0.3 is 0 Å². The highest BCUT2D eigenvalue weighted by Crippen LogP contribution is 2.41. The highest BCUT2D eigenvalue weighted by molar-refractivity contribution is 5.38. The van der Waals surface area contributed by atoms with Crippen LogP contribution in [0.25, 0.3) is 0 Å². The van der Waals surface area contributed by atoms with Crippen LogP contribution in [0.5, 0.6) is 5.75 Å². The second-order valence-electron chi connectivity index (χ2n) is 9.15. The lowest BCUT2D eigenvalue weighted by molar-refractivity contribution is 0.156. The number of unbranched alkanes of at least 4 members (excludes halogenated alkanes) is 2. The van der Waals surface area contributed by atoms with E-state index in [4.69, 9.17) is 4.74 Å². The van der Waals surface area contributed by atoms with E-state index >= 15 is 0 Å².